The summed E-state index contributed by atoms with van der Waals surface area (Å²) in [7, 11) is -1.62. The first-order chi connectivity index (χ1) is 6.95. The van der Waals surface area contributed by atoms with Crippen LogP contribution in [-0.2, 0) is 4.79 Å². The summed E-state index contributed by atoms with van der Waals surface area (Å²) in [6, 6.07) is -0.415. The van der Waals surface area contributed by atoms with Gasteiger partial charge < -0.3 is 4.57 Å². The van der Waals surface area contributed by atoms with E-state index in [1.165, 1.54) is 6.55 Å². The summed E-state index contributed by atoms with van der Waals surface area (Å²) in [4.78, 5) is 10.7. The highest BCUT2D eigenvalue weighted by Gasteiger charge is 2.42. The zero-order valence-electron chi connectivity index (χ0n) is 8.61. The van der Waals surface area contributed by atoms with Gasteiger partial charge in [-0.3, -0.25) is 4.79 Å². The smallest absolute Gasteiger partial charge is 0.367 e. The highest BCUT2D eigenvalue weighted by atomic mass is 28.3. The minimum atomic E-state index is -5.02. The van der Waals surface area contributed by atoms with Crippen molar-refractivity contribution in [3.8, 4) is 0 Å². The van der Waals surface area contributed by atoms with Gasteiger partial charge in [-0.05, 0) is 6.04 Å². The Balaban J connectivity index is 4.30. The van der Waals surface area contributed by atoms with Crippen LogP contribution in [0, 0.1) is 0 Å². The fraction of sp³-hybridized carbons (Fsp3) is 0.857. The Morgan fingerprint density at radius 2 is 1.62 bits per heavy atom. The van der Waals surface area contributed by atoms with E-state index in [-0.39, 0.29) is 0 Å². The maximum atomic E-state index is 11.9. The van der Waals surface area contributed by atoms with Gasteiger partial charge in [0.2, 0.25) is 0 Å². The van der Waals surface area contributed by atoms with Crippen molar-refractivity contribution in [2.45, 2.75) is 31.4 Å². The van der Waals surface area contributed by atoms with Crippen LogP contribution in [-0.4, -0.2) is 38.8 Å². The van der Waals surface area contributed by atoms with Crippen LogP contribution in [0.4, 0.5) is 26.3 Å². The predicted octanol–water partition coefficient (Wildman–Crippen LogP) is 2.31. The molecule has 0 saturated heterocycles. The van der Waals surface area contributed by atoms with E-state index in [0.717, 1.165) is 7.05 Å². The number of halogens is 6. The molecule has 0 aliphatic carbocycles. The number of rotatable bonds is 3. The molecule has 0 aliphatic heterocycles. The van der Waals surface area contributed by atoms with Gasteiger partial charge in [-0.1, -0.05) is 6.55 Å². The third-order valence-electron chi connectivity index (χ3n) is 2.07. The molecule has 1 atom stereocenters. The maximum absolute atomic E-state index is 11.9. The van der Waals surface area contributed by atoms with Gasteiger partial charge in [0, 0.05) is 13.5 Å². The van der Waals surface area contributed by atoms with Crippen LogP contribution >= 0.6 is 0 Å². The molecule has 9 heteroatoms. The van der Waals surface area contributed by atoms with Crippen molar-refractivity contribution < 1.29 is 31.1 Å². The molecular formula is C7H11F6NOSi. The Morgan fingerprint density at radius 1 is 1.19 bits per heavy atom. The number of carbonyl (C=O) groups excluding carboxylic acids is 1. The molecule has 2 nitrogen and oxygen atoms in total. The van der Waals surface area contributed by atoms with E-state index >= 15 is 0 Å². The summed E-state index contributed by atoms with van der Waals surface area (Å²) >= 11 is 0. The van der Waals surface area contributed by atoms with Gasteiger partial charge in [0.1, 0.15) is 8.96 Å². The molecule has 0 radical (unpaired) electrons. The largest absolute Gasteiger partial charge is 0.470 e. The molecule has 0 saturated carbocycles. The first-order valence-corrected chi connectivity index (χ1v) is 6.84. The molecule has 0 aliphatic rings. The van der Waals surface area contributed by atoms with Gasteiger partial charge in [-0.15, -0.1) is 0 Å². The van der Waals surface area contributed by atoms with E-state index in [1.807, 2.05) is 0 Å². The van der Waals surface area contributed by atoms with Crippen LogP contribution in [0.15, 0.2) is 0 Å². The molecular weight excluding hydrogens is 256 g/mol. The van der Waals surface area contributed by atoms with Gasteiger partial charge in [-0.2, -0.15) is 26.3 Å². The predicted molar refractivity (Wildman–Crippen MR) is 47.3 cm³/mol. The normalized spacial score (nSPS) is 14.8. The topological polar surface area (TPSA) is 20.3 Å². The van der Waals surface area contributed by atoms with E-state index in [9.17, 15) is 31.1 Å². The summed E-state index contributed by atoms with van der Waals surface area (Å²) in [6.45, 7) is 1.27. The second kappa shape index (κ2) is 5.06. The average Bonchev–Trinajstić information content (AvgIpc) is 2.09. The van der Waals surface area contributed by atoms with E-state index in [0.29, 0.717) is 4.57 Å². The Labute approximate surface area is 89.9 Å². The van der Waals surface area contributed by atoms with E-state index in [1.54, 1.807) is 0 Å². The first kappa shape index (κ1) is 15.3. The van der Waals surface area contributed by atoms with Gasteiger partial charge in [-0.25, -0.2) is 0 Å². The molecule has 0 aromatic rings. The summed E-state index contributed by atoms with van der Waals surface area (Å²) in [5.41, 5.74) is 0. The summed E-state index contributed by atoms with van der Waals surface area (Å²) in [5, 5.41) is 0. The molecule has 0 spiro atoms. The van der Waals surface area contributed by atoms with Crippen molar-refractivity contribution in [2.24, 2.45) is 0 Å². The number of nitrogens with zero attached hydrogens (tertiary/aromatic N) is 1. The molecule has 96 valence electrons. The molecule has 0 heterocycles. The van der Waals surface area contributed by atoms with Crippen molar-refractivity contribution >= 4 is 14.9 Å². The molecule has 0 rings (SSSR count). The van der Waals surface area contributed by atoms with Crippen molar-refractivity contribution in [3.05, 3.63) is 0 Å². The quantitative estimate of drug-likeness (QED) is 0.567. The van der Waals surface area contributed by atoms with Crippen LogP contribution < -0.4 is 0 Å². The van der Waals surface area contributed by atoms with Gasteiger partial charge in [0.25, 0.3) is 0 Å². The average molecular weight is 267 g/mol. The summed E-state index contributed by atoms with van der Waals surface area (Å²) < 4.78 is 71.7. The Kier molecular flexibility index (Phi) is 4.83. The van der Waals surface area contributed by atoms with Crippen LogP contribution in [0.2, 0.25) is 12.6 Å². The van der Waals surface area contributed by atoms with Crippen molar-refractivity contribution in [3.63, 3.8) is 0 Å². The zero-order valence-corrected chi connectivity index (χ0v) is 9.77. The van der Waals surface area contributed by atoms with Crippen molar-refractivity contribution in [2.75, 3.05) is 7.05 Å². The Bertz CT molecular complexity index is 250. The van der Waals surface area contributed by atoms with Gasteiger partial charge in [0.15, 0.2) is 0 Å². The number of hydrogen-bond donors (Lipinski definition) is 0. The molecule has 0 aromatic heterocycles. The van der Waals surface area contributed by atoms with Gasteiger partial charge in [0.05, 0.1) is 0 Å². The molecule has 1 unspecified atom stereocenters. The van der Waals surface area contributed by atoms with Gasteiger partial charge >= 0.3 is 18.3 Å². The number of carbonyl (C=O) groups is 1. The van der Waals surface area contributed by atoms with E-state index in [4.69, 9.17) is 0 Å². The summed E-state index contributed by atoms with van der Waals surface area (Å²) in [5.74, 6) is -2.08. The number of amides is 1. The molecule has 1 amide bonds. The maximum Gasteiger partial charge on any atom is 0.470 e. The Hall–Kier alpha value is -0.733. The first-order valence-electron chi connectivity index (χ1n) is 4.36. The number of alkyl halides is 6. The lowest BCUT2D eigenvalue weighted by atomic mass is 10.5. The third kappa shape index (κ3) is 5.38. The fourth-order valence-electron chi connectivity index (χ4n) is 0.966. The van der Waals surface area contributed by atoms with E-state index < -0.39 is 39.7 Å². The number of hydrogen-bond acceptors (Lipinski definition) is 1. The molecule has 0 bridgehead atoms. The third-order valence-corrected chi connectivity index (χ3v) is 4.75. The van der Waals surface area contributed by atoms with Crippen molar-refractivity contribution in [1.82, 2.24) is 4.57 Å². The lowest BCUT2D eigenvalue weighted by Crippen LogP contribution is -2.46. The molecule has 16 heavy (non-hydrogen) atoms. The molecule has 0 aromatic carbocycles. The highest BCUT2D eigenvalue weighted by molar-refractivity contribution is 6.57. The summed E-state index contributed by atoms with van der Waals surface area (Å²) in [6.07, 6.45) is -10.6. The molecule has 0 fully saturated rings. The minimum Gasteiger partial charge on any atom is -0.367 e. The Morgan fingerprint density at radius 3 is 1.94 bits per heavy atom. The monoisotopic (exact) mass is 267 g/mol. The lowest BCUT2D eigenvalue weighted by Gasteiger charge is -2.25. The standard InChI is InChI=1S/C7H11F6NOSi/c1-14(5(15)7(11,12)13)16(2)4-3-6(8,9)10/h16H,3-4H2,1-2H3. The van der Waals surface area contributed by atoms with Crippen LogP contribution in [0.5, 0.6) is 0 Å². The zero-order chi connectivity index (χ0) is 13.1. The van der Waals surface area contributed by atoms with Crippen LogP contribution in [0.3, 0.4) is 0 Å². The SMILES string of the molecule is CN(C(=O)C(F)(F)F)[SiH](C)CCC(F)(F)F. The second-order valence-electron chi connectivity index (χ2n) is 3.42. The lowest BCUT2D eigenvalue weighted by molar-refractivity contribution is -0.179. The van der Waals surface area contributed by atoms with E-state index in [2.05, 4.69) is 0 Å². The second-order valence-corrected chi connectivity index (χ2v) is 6.47. The molecule has 0 N–H and O–H groups in total. The van der Waals surface area contributed by atoms with Crippen molar-refractivity contribution in [1.29, 1.82) is 0 Å². The van der Waals surface area contributed by atoms with Crippen LogP contribution in [0.25, 0.3) is 0 Å². The van der Waals surface area contributed by atoms with Crippen LogP contribution in [0.1, 0.15) is 6.42 Å². The fourth-order valence-corrected chi connectivity index (χ4v) is 2.65. The minimum absolute atomic E-state index is 0.408. The highest BCUT2D eigenvalue weighted by Crippen LogP contribution is 2.24.